The van der Waals surface area contributed by atoms with E-state index >= 15 is 0 Å². The van der Waals surface area contributed by atoms with E-state index in [9.17, 15) is 8.78 Å². The van der Waals surface area contributed by atoms with Crippen LogP contribution in [0.4, 0.5) is 8.78 Å². The smallest absolute Gasteiger partial charge is 0.423 e. The molecule has 0 fully saturated rings. The summed E-state index contributed by atoms with van der Waals surface area (Å²) >= 11 is 10.2. The van der Waals surface area contributed by atoms with Crippen molar-refractivity contribution in [2.45, 2.75) is 33.3 Å². The van der Waals surface area contributed by atoms with Crippen molar-refractivity contribution < 1.29 is 18.8 Å². The van der Waals surface area contributed by atoms with Gasteiger partial charge in [-0.3, -0.25) is 0 Å². The standard InChI is InChI=1S/C15H12FN3.C9H8BrN3.C7H6Br2.C6H6BFO2.2CH4/c16-15-6-2-5-14(8-15)13-4-1-3-12(7-13)9-19-11-17-10-18-19;10-9-3-1-2-8(4-9)5-13-7-11-6-12-13;8-5-6-2-1-3-7(9)4-6;8-6-3-1-2-5(4-6)7(9)10;;/h1-8,10-11H,9H2;1-4,6-7H,5H2;1-4H,5H2;1-4,9-10H;2*1H4. The highest BCUT2D eigenvalue weighted by Crippen LogP contribution is 2.21. The predicted octanol–water partition coefficient (Wildman–Crippen LogP) is 9.34. The molecule has 0 saturated carbocycles. The zero-order valence-electron chi connectivity index (χ0n) is 27.0. The van der Waals surface area contributed by atoms with Crippen LogP contribution in [-0.4, -0.2) is 46.7 Å². The van der Waals surface area contributed by atoms with E-state index in [1.54, 1.807) is 28.1 Å². The SMILES string of the molecule is BrCc1cccc(Br)c1.Brc1cccc(Cn2cncn2)c1.C.C.Fc1cccc(-c2cccc(Cn3cncn3)c2)c1.OB(O)c1cccc(F)c1. The molecule has 53 heavy (non-hydrogen) atoms. The van der Waals surface area contributed by atoms with Crippen LogP contribution in [0.25, 0.3) is 11.1 Å². The highest BCUT2D eigenvalue weighted by atomic mass is 79.9. The van der Waals surface area contributed by atoms with Crippen molar-refractivity contribution in [3.05, 3.63) is 184 Å². The lowest BCUT2D eigenvalue weighted by Crippen LogP contribution is -2.29. The molecule has 2 aromatic heterocycles. The molecular formula is C39H40BBr3F2N6O2. The number of benzene rings is 5. The minimum atomic E-state index is -1.59. The van der Waals surface area contributed by atoms with Crippen LogP contribution in [0, 0.1) is 11.6 Å². The minimum absolute atomic E-state index is 0. The quantitative estimate of drug-likeness (QED) is 0.122. The number of halogens is 5. The van der Waals surface area contributed by atoms with E-state index < -0.39 is 12.9 Å². The number of nitrogens with zero attached hydrogens (tertiary/aromatic N) is 6. The van der Waals surface area contributed by atoms with E-state index in [4.69, 9.17) is 10.0 Å². The summed E-state index contributed by atoms with van der Waals surface area (Å²) in [7, 11) is -1.59. The molecule has 5 aromatic carbocycles. The first-order chi connectivity index (χ1) is 24.7. The largest absolute Gasteiger partial charge is 0.488 e. The molecule has 0 spiro atoms. The van der Waals surface area contributed by atoms with Crippen LogP contribution in [0.15, 0.2) is 156 Å². The van der Waals surface area contributed by atoms with Crippen molar-refractivity contribution in [2.24, 2.45) is 0 Å². The molecule has 0 saturated heterocycles. The van der Waals surface area contributed by atoms with Gasteiger partial charge in [0.05, 0.1) is 13.1 Å². The van der Waals surface area contributed by atoms with Gasteiger partial charge in [0.15, 0.2) is 0 Å². The number of hydrogen-bond donors (Lipinski definition) is 2. The lowest BCUT2D eigenvalue weighted by molar-refractivity contribution is 0.425. The van der Waals surface area contributed by atoms with Crippen LogP contribution in [0.5, 0.6) is 0 Å². The highest BCUT2D eigenvalue weighted by molar-refractivity contribution is 9.10. The lowest BCUT2D eigenvalue weighted by Gasteiger charge is -2.06. The Hall–Kier alpha value is -4.34. The minimum Gasteiger partial charge on any atom is -0.423 e. The molecule has 0 aliphatic rings. The monoisotopic (exact) mass is 910 g/mol. The summed E-state index contributed by atoms with van der Waals surface area (Å²) in [5.41, 5.74) is 5.65. The summed E-state index contributed by atoms with van der Waals surface area (Å²) in [5, 5.41) is 26.1. The molecule has 0 radical (unpaired) electrons. The Bertz CT molecular complexity index is 2060. The van der Waals surface area contributed by atoms with E-state index in [1.165, 1.54) is 54.1 Å². The van der Waals surface area contributed by atoms with Gasteiger partial charge in [0.1, 0.15) is 36.9 Å². The van der Waals surface area contributed by atoms with Gasteiger partial charge >= 0.3 is 7.12 Å². The van der Waals surface area contributed by atoms with Gasteiger partial charge in [-0.05, 0) is 87.9 Å². The summed E-state index contributed by atoms with van der Waals surface area (Å²) in [4.78, 5) is 7.79. The van der Waals surface area contributed by atoms with E-state index in [-0.39, 0.29) is 26.1 Å². The average Bonchev–Trinajstić information content (AvgIpc) is 3.84. The molecule has 0 aliphatic heterocycles. The third kappa shape index (κ3) is 16.5. The topological polar surface area (TPSA) is 102 Å². The summed E-state index contributed by atoms with van der Waals surface area (Å²) in [6.45, 7) is 1.42. The van der Waals surface area contributed by atoms with Gasteiger partial charge in [0.25, 0.3) is 0 Å². The molecule has 0 atom stereocenters. The van der Waals surface area contributed by atoms with Crippen LogP contribution >= 0.6 is 47.8 Å². The number of aromatic nitrogens is 6. The fourth-order valence-corrected chi connectivity index (χ4v) is 5.68. The van der Waals surface area contributed by atoms with Gasteiger partial charge in [-0.2, -0.15) is 10.2 Å². The van der Waals surface area contributed by atoms with Gasteiger partial charge in [0.2, 0.25) is 0 Å². The zero-order chi connectivity index (χ0) is 36.4. The number of rotatable bonds is 7. The van der Waals surface area contributed by atoms with Crippen molar-refractivity contribution in [2.75, 3.05) is 0 Å². The zero-order valence-corrected chi connectivity index (χ0v) is 31.8. The van der Waals surface area contributed by atoms with Crippen molar-refractivity contribution in [3.8, 4) is 11.1 Å². The molecule has 7 aromatic rings. The molecule has 0 amide bonds. The van der Waals surface area contributed by atoms with E-state index in [0.717, 1.165) is 43.6 Å². The van der Waals surface area contributed by atoms with Gasteiger partial charge in [-0.25, -0.2) is 28.1 Å². The molecular weight excluding hydrogens is 873 g/mol. The first-order valence-electron chi connectivity index (χ1n) is 15.3. The lowest BCUT2D eigenvalue weighted by atomic mass is 9.80. The summed E-state index contributed by atoms with van der Waals surface area (Å²) in [6.07, 6.45) is 6.43. The molecule has 0 aliphatic carbocycles. The Morgan fingerprint density at radius 1 is 0.566 bits per heavy atom. The van der Waals surface area contributed by atoms with Gasteiger partial charge < -0.3 is 10.0 Å². The fraction of sp³-hybridized carbons (Fsp3) is 0.128. The Kier molecular flexibility index (Phi) is 20.4. The van der Waals surface area contributed by atoms with Crippen LogP contribution in [0.3, 0.4) is 0 Å². The first-order valence-corrected chi connectivity index (χ1v) is 18.1. The Labute approximate surface area is 335 Å². The summed E-state index contributed by atoms with van der Waals surface area (Å²) in [6, 6.07) is 36.1. The molecule has 0 bridgehead atoms. The maximum atomic E-state index is 13.2. The van der Waals surface area contributed by atoms with Crippen molar-refractivity contribution in [1.82, 2.24) is 29.5 Å². The molecule has 7 rings (SSSR count). The molecule has 8 nitrogen and oxygen atoms in total. The van der Waals surface area contributed by atoms with Crippen LogP contribution in [0.2, 0.25) is 0 Å². The molecule has 14 heteroatoms. The second kappa shape index (κ2) is 24.1. The Morgan fingerprint density at radius 3 is 1.45 bits per heavy atom. The van der Waals surface area contributed by atoms with E-state index in [2.05, 4.69) is 92.2 Å². The third-order valence-corrected chi connectivity index (χ3v) is 8.42. The van der Waals surface area contributed by atoms with Crippen LogP contribution in [0.1, 0.15) is 31.5 Å². The van der Waals surface area contributed by atoms with Gasteiger partial charge in [-0.15, -0.1) is 0 Å². The molecule has 2 heterocycles. The van der Waals surface area contributed by atoms with Crippen LogP contribution < -0.4 is 5.46 Å². The maximum absolute atomic E-state index is 13.2. The summed E-state index contributed by atoms with van der Waals surface area (Å²) < 4.78 is 31.3. The van der Waals surface area contributed by atoms with Crippen molar-refractivity contribution >= 4 is 60.4 Å². The van der Waals surface area contributed by atoms with E-state index in [0.29, 0.717) is 6.54 Å². The first kappa shape index (κ1) is 44.8. The highest BCUT2D eigenvalue weighted by Gasteiger charge is 2.10. The fourth-order valence-electron chi connectivity index (χ4n) is 4.44. The van der Waals surface area contributed by atoms with E-state index in [1.807, 2.05) is 54.6 Å². The van der Waals surface area contributed by atoms with Gasteiger partial charge in [0, 0.05) is 14.3 Å². The van der Waals surface area contributed by atoms with Crippen LogP contribution in [-0.2, 0) is 18.4 Å². The van der Waals surface area contributed by atoms with Crippen molar-refractivity contribution in [3.63, 3.8) is 0 Å². The van der Waals surface area contributed by atoms with Gasteiger partial charge in [-0.1, -0.05) is 129 Å². The Morgan fingerprint density at radius 2 is 1.02 bits per heavy atom. The number of hydrogen-bond acceptors (Lipinski definition) is 6. The third-order valence-electron chi connectivity index (χ3n) is 6.79. The Balaban J connectivity index is 0.000000253. The second-order valence-electron chi connectivity index (χ2n) is 10.7. The number of alkyl halides is 1. The predicted molar refractivity (Wildman–Crippen MR) is 221 cm³/mol. The maximum Gasteiger partial charge on any atom is 0.488 e. The average molecular weight is 913 g/mol. The van der Waals surface area contributed by atoms with Crippen molar-refractivity contribution in [1.29, 1.82) is 0 Å². The molecule has 0 unspecified atom stereocenters. The molecule has 276 valence electrons. The summed E-state index contributed by atoms with van der Waals surface area (Å²) in [5.74, 6) is -0.690. The normalized spacial score (nSPS) is 9.72. The molecule has 2 N–H and O–H groups in total. The second-order valence-corrected chi connectivity index (χ2v) is 13.1.